The van der Waals surface area contributed by atoms with Gasteiger partial charge in [0.05, 0.1) is 12.2 Å². The lowest BCUT2D eigenvalue weighted by Crippen LogP contribution is -2.46. The predicted octanol–water partition coefficient (Wildman–Crippen LogP) is 1.79. The quantitative estimate of drug-likeness (QED) is 0.698. The average Bonchev–Trinajstić information content (AvgIpc) is 2.80. The Kier molecular flexibility index (Phi) is 7.91. The van der Waals surface area contributed by atoms with Crippen LogP contribution in [-0.2, 0) is 11.3 Å². The predicted molar refractivity (Wildman–Crippen MR) is 94.8 cm³/mol. The number of aryl methyl sites for hydroxylation is 2. The maximum absolute atomic E-state index is 12.1. The first-order valence-electron chi connectivity index (χ1n) is 8.52. The molecule has 0 spiro atoms. The van der Waals surface area contributed by atoms with Crippen LogP contribution in [0.1, 0.15) is 39.1 Å². The largest absolute Gasteiger partial charge is 0.336 e. The Balaban J connectivity index is 2.45. The number of imide groups is 1. The van der Waals surface area contributed by atoms with Crippen LogP contribution in [0.3, 0.4) is 0 Å². The van der Waals surface area contributed by atoms with Gasteiger partial charge in [-0.3, -0.25) is 19.3 Å². The van der Waals surface area contributed by atoms with Gasteiger partial charge in [0.1, 0.15) is 0 Å². The molecule has 0 aromatic carbocycles. The Hall–Kier alpha value is -1.89. The second kappa shape index (κ2) is 9.42. The van der Waals surface area contributed by atoms with Gasteiger partial charge in [-0.15, -0.1) is 0 Å². The Labute approximate surface area is 145 Å². The zero-order valence-electron chi connectivity index (χ0n) is 15.7. The van der Waals surface area contributed by atoms with E-state index in [1.54, 1.807) is 0 Å². The monoisotopic (exact) mass is 337 g/mol. The van der Waals surface area contributed by atoms with Crippen LogP contribution in [0, 0.1) is 13.8 Å². The summed E-state index contributed by atoms with van der Waals surface area (Å²) in [6.07, 6.45) is 0.595. The third kappa shape index (κ3) is 5.96. The molecule has 0 aliphatic heterocycles. The molecule has 0 bridgehead atoms. The van der Waals surface area contributed by atoms with Gasteiger partial charge < -0.3 is 5.32 Å². The zero-order valence-corrected chi connectivity index (χ0v) is 15.7. The summed E-state index contributed by atoms with van der Waals surface area (Å²) in [6.45, 7) is 14.4. The van der Waals surface area contributed by atoms with E-state index in [1.165, 1.54) is 4.90 Å². The van der Waals surface area contributed by atoms with E-state index in [4.69, 9.17) is 0 Å². The topological polar surface area (TPSA) is 70.5 Å². The van der Waals surface area contributed by atoms with Crippen molar-refractivity contribution in [1.82, 2.24) is 24.9 Å². The number of carbonyl (C=O) groups excluding carboxylic acids is 2. The van der Waals surface area contributed by atoms with Crippen molar-refractivity contribution in [2.75, 3.05) is 19.6 Å². The Morgan fingerprint density at radius 2 is 1.88 bits per heavy atom. The normalized spacial score (nSPS) is 11.4. The van der Waals surface area contributed by atoms with E-state index in [1.807, 2.05) is 24.6 Å². The minimum atomic E-state index is -0.362. The molecule has 0 atom stereocenters. The molecule has 1 aromatic rings. The fourth-order valence-corrected chi connectivity index (χ4v) is 2.81. The molecule has 0 radical (unpaired) electrons. The number of amides is 3. The first-order valence-corrected chi connectivity index (χ1v) is 8.52. The summed E-state index contributed by atoms with van der Waals surface area (Å²) in [6, 6.07) is 2.37. The summed E-state index contributed by atoms with van der Waals surface area (Å²) < 4.78 is 1.85. The molecule has 1 heterocycles. The maximum Gasteiger partial charge on any atom is 0.323 e. The van der Waals surface area contributed by atoms with Crippen LogP contribution in [0.2, 0.25) is 0 Å². The van der Waals surface area contributed by atoms with E-state index in [0.29, 0.717) is 44.7 Å². The van der Waals surface area contributed by atoms with Crippen molar-refractivity contribution in [2.24, 2.45) is 0 Å². The first kappa shape index (κ1) is 20.2. The van der Waals surface area contributed by atoms with Gasteiger partial charge in [-0.05, 0) is 47.6 Å². The fraction of sp³-hybridized carbons (Fsp3) is 0.706. The third-order valence-electron chi connectivity index (χ3n) is 4.02. The van der Waals surface area contributed by atoms with Gasteiger partial charge in [-0.1, -0.05) is 0 Å². The van der Waals surface area contributed by atoms with Gasteiger partial charge in [0, 0.05) is 37.4 Å². The highest BCUT2D eigenvalue weighted by atomic mass is 16.2. The molecule has 1 N–H and O–H groups in total. The van der Waals surface area contributed by atoms with Crippen molar-refractivity contribution >= 4 is 12.4 Å². The summed E-state index contributed by atoms with van der Waals surface area (Å²) in [7, 11) is 0. The summed E-state index contributed by atoms with van der Waals surface area (Å²) in [4.78, 5) is 26.8. The standard InChI is InChI=1S/C17H31N5O2/c1-13(2)21(14(3)4)10-9-20(12-23)17(24)18-7-8-22-16(6)11-15(5)19-22/h11-14H,7-10H2,1-6H3,(H,18,24). The van der Waals surface area contributed by atoms with Crippen LogP contribution < -0.4 is 5.32 Å². The lowest BCUT2D eigenvalue weighted by molar-refractivity contribution is -0.115. The Morgan fingerprint density at radius 1 is 1.25 bits per heavy atom. The number of hydrogen-bond acceptors (Lipinski definition) is 4. The fourth-order valence-electron chi connectivity index (χ4n) is 2.81. The van der Waals surface area contributed by atoms with Crippen LogP contribution in [0.15, 0.2) is 6.07 Å². The van der Waals surface area contributed by atoms with Crippen molar-refractivity contribution in [3.05, 3.63) is 17.5 Å². The van der Waals surface area contributed by atoms with Crippen LogP contribution in [0.25, 0.3) is 0 Å². The molecule has 7 heteroatoms. The number of nitrogens with zero attached hydrogens (tertiary/aromatic N) is 4. The van der Waals surface area contributed by atoms with Gasteiger partial charge in [0.15, 0.2) is 0 Å². The van der Waals surface area contributed by atoms with Gasteiger partial charge in [0.2, 0.25) is 6.41 Å². The number of rotatable bonds is 9. The molecule has 24 heavy (non-hydrogen) atoms. The number of hydrogen-bond donors (Lipinski definition) is 1. The van der Waals surface area contributed by atoms with E-state index < -0.39 is 0 Å². The summed E-state index contributed by atoms with van der Waals surface area (Å²) in [5.74, 6) is 0. The van der Waals surface area contributed by atoms with E-state index in [0.717, 1.165) is 11.4 Å². The Bertz CT molecular complexity index is 531. The molecule has 1 rings (SSSR count). The van der Waals surface area contributed by atoms with Gasteiger partial charge in [0.25, 0.3) is 0 Å². The van der Waals surface area contributed by atoms with E-state index >= 15 is 0 Å². The highest BCUT2D eigenvalue weighted by Crippen LogP contribution is 2.05. The van der Waals surface area contributed by atoms with Crippen molar-refractivity contribution in [2.45, 2.75) is 60.2 Å². The molecular weight excluding hydrogens is 306 g/mol. The summed E-state index contributed by atoms with van der Waals surface area (Å²) >= 11 is 0. The van der Waals surface area contributed by atoms with Crippen molar-refractivity contribution in [1.29, 1.82) is 0 Å². The van der Waals surface area contributed by atoms with Crippen molar-refractivity contribution in [3.8, 4) is 0 Å². The molecule has 1 aromatic heterocycles. The van der Waals surface area contributed by atoms with Crippen LogP contribution in [0.4, 0.5) is 4.79 Å². The van der Waals surface area contributed by atoms with E-state index in [9.17, 15) is 9.59 Å². The van der Waals surface area contributed by atoms with Crippen molar-refractivity contribution in [3.63, 3.8) is 0 Å². The van der Waals surface area contributed by atoms with Crippen LogP contribution in [0.5, 0.6) is 0 Å². The van der Waals surface area contributed by atoms with E-state index in [-0.39, 0.29) is 6.03 Å². The minimum absolute atomic E-state index is 0.362. The second-order valence-corrected chi connectivity index (χ2v) is 6.61. The third-order valence-corrected chi connectivity index (χ3v) is 4.02. The van der Waals surface area contributed by atoms with Gasteiger partial charge >= 0.3 is 6.03 Å². The average molecular weight is 337 g/mol. The lowest BCUT2D eigenvalue weighted by Gasteiger charge is -2.31. The summed E-state index contributed by atoms with van der Waals surface area (Å²) in [5, 5.41) is 7.12. The number of nitrogens with one attached hydrogen (secondary N) is 1. The SMILES string of the molecule is Cc1cc(C)n(CCNC(=O)N(C=O)CCN(C(C)C)C(C)C)n1. The number of carbonyl (C=O) groups is 2. The molecule has 136 valence electrons. The molecule has 0 saturated carbocycles. The maximum atomic E-state index is 12.1. The second-order valence-electron chi connectivity index (χ2n) is 6.61. The Morgan fingerprint density at radius 3 is 2.33 bits per heavy atom. The molecule has 0 aliphatic carbocycles. The molecule has 3 amide bonds. The number of urea groups is 1. The molecular formula is C17H31N5O2. The summed E-state index contributed by atoms with van der Waals surface area (Å²) in [5.41, 5.74) is 2.01. The number of aromatic nitrogens is 2. The molecule has 7 nitrogen and oxygen atoms in total. The molecule has 0 fully saturated rings. The zero-order chi connectivity index (χ0) is 18.3. The first-order chi connectivity index (χ1) is 11.3. The van der Waals surface area contributed by atoms with Crippen LogP contribution >= 0.6 is 0 Å². The molecule has 0 saturated heterocycles. The van der Waals surface area contributed by atoms with E-state index in [2.05, 4.69) is 43.0 Å². The van der Waals surface area contributed by atoms with Crippen molar-refractivity contribution < 1.29 is 9.59 Å². The lowest BCUT2D eigenvalue weighted by atomic mass is 10.2. The minimum Gasteiger partial charge on any atom is -0.336 e. The molecule has 0 aliphatic rings. The molecule has 0 unspecified atom stereocenters. The highest BCUT2D eigenvalue weighted by Gasteiger charge is 2.17. The van der Waals surface area contributed by atoms with Gasteiger partial charge in [-0.25, -0.2) is 4.79 Å². The smallest absolute Gasteiger partial charge is 0.323 e. The highest BCUT2D eigenvalue weighted by molar-refractivity contribution is 5.84. The van der Waals surface area contributed by atoms with Crippen LogP contribution in [-0.4, -0.2) is 63.7 Å². The van der Waals surface area contributed by atoms with Gasteiger partial charge in [-0.2, -0.15) is 5.10 Å².